The maximum Gasteiger partial charge on any atom is 0.335 e. The molecule has 2 amide bonds. The molecule has 7 nitrogen and oxygen atoms in total. The molecule has 0 atom stereocenters. The molecule has 1 heterocycles. The number of nitrogens with one attached hydrogen (secondary N) is 2. The van der Waals surface area contributed by atoms with Crippen LogP contribution >= 0.6 is 11.6 Å². The number of nitrogens with zero attached hydrogens (tertiary/aromatic N) is 1. The van der Waals surface area contributed by atoms with Crippen molar-refractivity contribution in [1.82, 2.24) is 10.3 Å². The Morgan fingerprint density at radius 2 is 2.19 bits per heavy atom. The molecule has 0 saturated carbocycles. The van der Waals surface area contributed by atoms with E-state index in [0.29, 0.717) is 11.7 Å². The molecule has 2 aromatic rings. The molecule has 0 fully saturated rings. The molecule has 1 aromatic heterocycles. The summed E-state index contributed by atoms with van der Waals surface area (Å²) in [7, 11) is 0. The minimum Gasteiger partial charge on any atom is -0.478 e. The van der Waals surface area contributed by atoms with Crippen LogP contribution in [0.4, 0.5) is 10.5 Å². The molecule has 0 unspecified atom stereocenters. The summed E-state index contributed by atoms with van der Waals surface area (Å²) in [6.07, 6.45) is 1.54. The number of carbonyl (C=O) groups excluding carboxylic acids is 1. The van der Waals surface area contributed by atoms with E-state index in [0.717, 1.165) is 0 Å². The topological polar surface area (TPSA) is 104 Å². The summed E-state index contributed by atoms with van der Waals surface area (Å²) in [6.45, 7) is 1.85. The lowest BCUT2D eigenvalue weighted by Crippen LogP contribution is -2.28. The van der Waals surface area contributed by atoms with E-state index < -0.39 is 12.0 Å². The third-order valence-electron chi connectivity index (χ3n) is 2.53. The largest absolute Gasteiger partial charge is 0.478 e. The van der Waals surface area contributed by atoms with Gasteiger partial charge in [-0.15, -0.1) is 0 Å². The first-order chi connectivity index (χ1) is 9.95. The molecule has 0 bridgehead atoms. The van der Waals surface area contributed by atoms with Crippen LogP contribution < -0.4 is 10.6 Å². The number of hydrogen-bond acceptors (Lipinski definition) is 4. The quantitative estimate of drug-likeness (QED) is 0.805. The molecule has 3 N–H and O–H groups in total. The van der Waals surface area contributed by atoms with Gasteiger partial charge in [0.05, 0.1) is 29.0 Å². The van der Waals surface area contributed by atoms with Crippen LogP contribution in [0, 0.1) is 6.92 Å². The number of aromatic carboxylic acids is 1. The van der Waals surface area contributed by atoms with Crippen LogP contribution in [0.2, 0.25) is 5.02 Å². The number of carboxylic acid groups (broad SMARTS) is 1. The summed E-state index contributed by atoms with van der Waals surface area (Å²) >= 11 is 5.90. The first kappa shape index (κ1) is 14.9. The summed E-state index contributed by atoms with van der Waals surface area (Å²) in [6, 6.07) is 3.48. The Kier molecular flexibility index (Phi) is 4.44. The molecule has 1 aromatic carbocycles. The zero-order valence-corrected chi connectivity index (χ0v) is 11.8. The van der Waals surface area contributed by atoms with Crippen LogP contribution in [0.3, 0.4) is 0 Å². The van der Waals surface area contributed by atoms with Gasteiger partial charge in [0.15, 0.2) is 0 Å². The van der Waals surface area contributed by atoms with Crippen molar-refractivity contribution in [2.24, 2.45) is 0 Å². The predicted molar refractivity (Wildman–Crippen MR) is 75.5 cm³/mol. The van der Waals surface area contributed by atoms with Crippen molar-refractivity contribution < 1.29 is 19.1 Å². The summed E-state index contributed by atoms with van der Waals surface area (Å²) in [5.41, 5.74) is 0.232. The Bertz CT molecular complexity index is 684. The molecule has 0 aliphatic rings. The highest BCUT2D eigenvalue weighted by Crippen LogP contribution is 2.23. The minimum atomic E-state index is -1.11. The number of halogens is 1. The molecule has 0 spiro atoms. The van der Waals surface area contributed by atoms with Gasteiger partial charge in [-0.2, -0.15) is 0 Å². The second-order valence-electron chi connectivity index (χ2n) is 4.17. The van der Waals surface area contributed by atoms with Gasteiger partial charge < -0.3 is 20.2 Å². The van der Waals surface area contributed by atoms with Crippen molar-refractivity contribution >= 4 is 29.3 Å². The Hall–Kier alpha value is -2.54. The van der Waals surface area contributed by atoms with Gasteiger partial charge in [0.25, 0.3) is 0 Å². The number of aryl methyl sites for hydroxylation is 1. The summed E-state index contributed by atoms with van der Waals surface area (Å²) < 4.78 is 5.20. The van der Waals surface area contributed by atoms with Crippen LogP contribution in [-0.2, 0) is 6.54 Å². The van der Waals surface area contributed by atoms with Gasteiger partial charge in [0, 0.05) is 0 Å². The Morgan fingerprint density at radius 3 is 2.81 bits per heavy atom. The van der Waals surface area contributed by atoms with Gasteiger partial charge in [0.2, 0.25) is 5.89 Å². The fourth-order valence-corrected chi connectivity index (χ4v) is 1.72. The first-order valence-corrected chi connectivity index (χ1v) is 6.32. The van der Waals surface area contributed by atoms with Gasteiger partial charge in [0.1, 0.15) is 5.76 Å². The van der Waals surface area contributed by atoms with Crippen molar-refractivity contribution in [3.63, 3.8) is 0 Å². The molecular formula is C13H12ClN3O4. The van der Waals surface area contributed by atoms with E-state index in [-0.39, 0.29) is 22.8 Å². The number of anilines is 1. The van der Waals surface area contributed by atoms with E-state index in [1.165, 1.54) is 18.2 Å². The summed E-state index contributed by atoms with van der Waals surface area (Å²) in [5.74, 6) is -0.0946. The van der Waals surface area contributed by atoms with E-state index >= 15 is 0 Å². The van der Waals surface area contributed by atoms with E-state index in [2.05, 4.69) is 15.6 Å². The summed E-state index contributed by atoms with van der Waals surface area (Å²) in [4.78, 5) is 26.5. The number of rotatable bonds is 4. The Labute approximate surface area is 124 Å². The number of aromatic nitrogens is 1. The number of hydrogen-bond donors (Lipinski definition) is 3. The molecule has 0 radical (unpaired) electrons. The van der Waals surface area contributed by atoms with Crippen molar-refractivity contribution in [1.29, 1.82) is 0 Å². The maximum atomic E-state index is 11.7. The van der Waals surface area contributed by atoms with Crippen molar-refractivity contribution in [2.45, 2.75) is 13.5 Å². The van der Waals surface area contributed by atoms with Crippen molar-refractivity contribution in [3.05, 3.63) is 46.6 Å². The van der Waals surface area contributed by atoms with Crippen molar-refractivity contribution in [2.75, 3.05) is 5.32 Å². The van der Waals surface area contributed by atoms with Gasteiger partial charge in [-0.05, 0) is 25.1 Å². The molecule has 0 saturated heterocycles. The number of carboxylic acids is 1. The molecule has 21 heavy (non-hydrogen) atoms. The molecule has 0 aliphatic heterocycles. The minimum absolute atomic E-state index is 0.0260. The van der Waals surface area contributed by atoms with Crippen LogP contribution in [0.1, 0.15) is 22.0 Å². The number of urea groups is 1. The highest BCUT2D eigenvalue weighted by Gasteiger charge is 2.10. The Morgan fingerprint density at radius 1 is 1.43 bits per heavy atom. The maximum absolute atomic E-state index is 11.7. The van der Waals surface area contributed by atoms with Crippen LogP contribution in [0.15, 0.2) is 28.8 Å². The normalized spacial score (nSPS) is 10.2. The van der Waals surface area contributed by atoms with Gasteiger partial charge in [-0.25, -0.2) is 14.6 Å². The third-order valence-corrected chi connectivity index (χ3v) is 2.86. The molecule has 8 heteroatoms. The van der Waals surface area contributed by atoms with E-state index in [4.69, 9.17) is 21.1 Å². The number of benzene rings is 1. The molecular weight excluding hydrogens is 298 g/mol. The second kappa shape index (κ2) is 6.27. The van der Waals surface area contributed by atoms with Crippen LogP contribution in [-0.4, -0.2) is 22.1 Å². The predicted octanol–water partition coefficient (Wildman–Crippen LogP) is 2.66. The van der Waals surface area contributed by atoms with E-state index in [1.807, 2.05) is 0 Å². The monoisotopic (exact) mass is 309 g/mol. The average Bonchev–Trinajstić information content (AvgIpc) is 2.84. The molecule has 0 aliphatic carbocycles. The highest BCUT2D eigenvalue weighted by atomic mass is 35.5. The van der Waals surface area contributed by atoms with Gasteiger partial charge in [-0.1, -0.05) is 11.6 Å². The zero-order valence-electron chi connectivity index (χ0n) is 11.0. The lowest BCUT2D eigenvalue weighted by molar-refractivity contribution is 0.0697. The number of amides is 2. The molecule has 2 rings (SSSR count). The fourth-order valence-electron chi connectivity index (χ4n) is 1.56. The highest BCUT2D eigenvalue weighted by molar-refractivity contribution is 6.33. The fraction of sp³-hybridized carbons (Fsp3) is 0.154. The lowest BCUT2D eigenvalue weighted by atomic mass is 10.2. The standard InChI is InChI=1S/C13H12ClN3O4/c1-7-5-15-11(21-7)6-16-13(20)17-10-4-8(12(18)19)2-3-9(10)14/h2-5H,6H2,1H3,(H,18,19)(H2,16,17,20). The average molecular weight is 310 g/mol. The second-order valence-corrected chi connectivity index (χ2v) is 4.58. The van der Waals surface area contributed by atoms with Crippen LogP contribution in [0.5, 0.6) is 0 Å². The van der Waals surface area contributed by atoms with Crippen molar-refractivity contribution in [3.8, 4) is 0 Å². The van der Waals surface area contributed by atoms with E-state index in [9.17, 15) is 9.59 Å². The van der Waals surface area contributed by atoms with Gasteiger partial charge >= 0.3 is 12.0 Å². The molecule has 110 valence electrons. The lowest BCUT2D eigenvalue weighted by Gasteiger charge is -2.08. The smallest absolute Gasteiger partial charge is 0.335 e. The number of oxazole rings is 1. The SMILES string of the molecule is Cc1cnc(CNC(=O)Nc2cc(C(=O)O)ccc2Cl)o1. The Balaban J connectivity index is 1.99. The zero-order chi connectivity index (χ0) is 15.4. The first-order valence-electron chi connectivity index (χ1n) is 5.94. The third kappa shape index (κ3) is 3.96. The van der Waals surface area contributed by atoms with E-state index in [1.54, 1.807) is 13.1 Å². The summed E-state index contributed by atoms with van der Waals surface area (Å²) in [5, 5.41) is 14.1. The number of carbonyl (C=O) groups is 2. The van der Waals surface area contributed by atoms with Crippen LogP contribution in [0.25, 0.3) is 0 Å². The van der Waals surface area contributed by atoms with Gasteiger partial charge in [-0.3, -0.25) is 0 Å².